The molecule has 3 atom stereocenters. The van der Waals surface area contributed by atoms with Crippen molar-refractivity contribution in [2.75, 3.05) is 20.2 Å². The van der Waals surface area contributed by atoms with Gasteiger partial charge in [-0.05, 0) is 40.5 Å². The van der Waals surface area contributed by atoms with Crippen LogP contribution >= 0.6 is 0 Å². The molecule has 1 aliphatic rings. The highest BCUT2D eigenvalue weighted by atomic mass is 16.6. The highest BCUT2D eigenvalue weighted by molar-refractivity contribution is 5.68. The van der Waals surface area contributed by atoms with Crippen molar-refractivity contribution in [1.29, 1.82) is 0 Å². The van der Waals surface area contributed by atoms with E-state index in [9.17, 15) is 4.79 Å². The lowest BCUT2D eigenvalue weighted by atomic mass is 10.1. The Kier molecular flexibility index (Phi) is 6.68. The Hall–Kier alpha value is -1.07. The Labute approximate surface area is 128 Å². The minimum atomic E-state index is -0.470. The Bertz CT molecular complexity index is 352. The minimum Gasteiger partial charge on any atom is -0.444 e. The molecule has 0 spiro atoms. The van der Waals surface area contributed by atoms with Crippen molar-refractivity contribution >= 4 is 6.09 Å². The highest BCUT2D eigenvalue weighted by Crippen LogP contribution is 2.18. The van der Waals surface area contributed by atoms with Crippen molar-refractivity contribution in [3.63, 3.8) is 0 Å². The fraction of sp³-hybridized carbons (Fsp3) is 0.812. The summed E-state index contributed by atoms with van der Waals surface area (Å²) in [6.07, 6.45) is 3.67. The molecular weight excluding hydrogens is 268 g/mol. The van der Waals surface area contributed by atoms with Crippen LogP contribution in [0.1, 0.15) is 40.5 Å². The molecule has 0 saturated carbocycles. The number of nitrogens with one attached hydrogen (secondary N) is 1. The number of carbonyl (C=O) groups is 1. The van der Waals surface area contributed by atoms with Crippen LogP contribution in [0.3, 0.4) is 0 Å². The number of likely N-dealkylation sites (tertiary alicyclic amines) is 1. The Balaban J connectivity index is 2.55. The van der Waals surface area contributed by atoms with Crippen LogP contribution in [0.15, 0.2) is 12.7 Å². The molecule has 1 heterocycles. The summed E-state index contributed by atoms with van der Waals surface area (Å²) in [5.41, 5.74) is -0.470. The topological polar surface area (TPSA) is 50.8 Å². The lowest BCUT2D eigenvalue weighted by molar-refractivity contribution is 0.0252. The molecular formula is C16H30N2O3. The largest absolute Gasteiger partial charge is 0.444 e. The number of methoxy groups -OCH3 is 1. The molecule has 0 aromatic carbocycles. The third kappa shape index (κ3) is 6.06. The van der Waals surface area contributed by atoms with Crippen molar-refractivity contribution in [2.24, 2.45) is 0 Å². The van der Waals surface area contributed by atoms with Crippen molar-refractivity contribution in [2.45, 2.75) is 64.3 Å². The predicted molar refractivity (Wildman–Crippen MR) is 84.4 cm³/mol. The fourth-order valence-corrected chi connectivity index (χ4v) is 2.47. The fourth-order valence-electron chi connectivity index (χ4n) is 2.47. The zero-order valence-corrected chi connectivity index (χ0v) is 14.0. The molecule has 0 aromatic heterocycles. The maximum atomic E-state index is 12.1. The first-order valence-electron chi connectivity index (χ1n) is 7.64. The summed E-state index contributed by atoms with van der Waals surface area (Å²) >= 11 is 0. The van der Waals surface area contributed by atoms with E-state index in [-0.39, 0.29) is 18.2 Å². The summed E-state index contributed by atoms with van der Waals surface area (Å²) in [6.45, 7) is 12.7. The number of amides is 1. The van der Waals surface area contributed by atoms with Crippen LogP contribution in [0.5, 0.6) is 0 Å². The maximum Gasteiger partial charge on any atom is 0.410 e. The van der Waals surface area contributed by atoms with Gasteiger partial charge in [0.05, 0.1) is 18.7 Å². The van der Waals surface area contributed by atoms with Gasteiger partial charge in [0.25, 0.3) is 0 Å². The molecule has 0 radical (unpaired) electrons. The molecule has 5 nitrogen and oxygen atoms in total. The van der Waals surface area contributed by atoms with Crippen LogP contribution in [-0.2, 0) is 9.47 Å². The molecule has 0 bridgehead atoms. The van der Waals surface area contributed by atoms with E-state index >= 15 is 0 Å². The van der Waals surface area contributed by atoms with Crippen LogP contribution in [0, 0.1) is 0 Å². The van der Waals surface area contributed by atoms with E-state index < -0.39 is 5.60 Å². The van der Waals surface area contributed by atoms with Crippen molar-refractivity contribution in [1.82, 2.24) is 10.2 Å². The number of nitrogens with zero attached hydrogens (tertiary/aromatic N) is 1. The van der Waals surface area contributed by atoms with Gasteiger partial charge in [0.2, 0.25) is 0 Å². The van der Waals surface area contributed by atoms with E-state index in [1.807, 2.05) is 26.8 Å². The number of carbonyl (C=O) groups excluding carboxylic acids is 1. The lowest BCUT2D eigenvalue weighted by Gasteiger charge is -2.24. The summed E-state index contributed by atoms with van der Waals surface area (Å²) in [4.78, 5) is 13.9. The molecule has 1 N–H and O–H groups in total. The Morgan fingerprint density at radius 2 is 2.14 bits per heavy atom. The summed E-state index contributed by atoms with van der Waals surface area (Å²) in [7, 11) is 1.69. The van der Waals surface area contributed by atoms with Crippen molar-refractivity contribution < 1.29 is 14.3 Å². The van der Waals surface area contributed by atoms with Crippen LogP contribution in [0.2, 0.25) is 0 Å². The Morgan fingerprint density at radius 3 is 2.67 bits per heavy atom. The monoisotopic (exact) mass is 298 g/mol. The summed E-state index contributed by atoms with van der Waals surface area (Å²) < 4.78 is 10.9. The minimum absolute atomic E-state index is 0.00343. The maximum absolute atomic E-state index is 12.1. The van der Waals surface area contributed by atoms with Crippen molar-refractivity contribution in [3.05, 3.63) is 12.7 Å². The Morgan fingerprint density at radius 1 is 1.48 bits per heavy atom. The average Bonchev–Trinajstić information content (AvgIpc) is 2.77. The van der Waals surface area contributed by atoms with Crippen LogP contribution in [0.25, 0.3) is 0 Å². The van der Waals surface area contributed by atoms with Gasteiger partial charge in [0, 0.05) is 19.7 Å². The van der Waals surface area contributed by atoms with Gasteiger partial charge in [0.1, 0.15) is 5.60 Å². The molecule has 1 saturated heterocycles. The third-order valence-electron chi connectivity index (χ3n) is 3.52. The zero-order valence-electron chi connectivity index (χ0n) is 14.0. The third-order valence-corrected chi connectivity index (χ3v) is 3.52. The first kappa shape index (κ1) is 18.0. The van der Waals surface area contributed by atoms with Crippen molar-refractivity contribution in [3.8, 4) is 0 Å². The smallest absolute Gasteiger partial charge is 0.410 e. The summed E-state index contributed by atoms with van der Waals surface area (Å²) in [5.74, 6) is 0. The van der Waals surface area contributed by atoms with E-state index in [0.717, 1.165) is 12.8 Å². The van der Waals surface area contributed by atoms with E-state index in [1.165, 1.54) is 0 Å². The SMILES string of the molecule is C=CCCC(C)NC1CN(C(=O)OC(C)(C)C)C[C@@H]1OC. The summed E-state index contributed by atoms with van der Waals surface area (Å²) in [5, 5.41) is 3.54. The van der Waals surface area contributed by atoms with Gasteiger partial charge in [-0.3, -0.25) is 0 Å². The predicted octanol–water partition coefficient (Wildman–Crippen LogP) is 2.57. The van der Waals surface area contributed by atoms with Gasteiger partial charge in [-0.1, -0.05) is 6.08 Å². The molecule has 2 unspecified atom stereocenters. The molecule has 1 amide bonds. The normalized spacial score (nSPS) is 24.0. The molecule has 1 fully saturated rings. The second-order valence-corrected chi connectivity index (χ2v) is 6.70. The molecule has 1 rings (SSSR count). The van der Waals surface area contributed by atoms with Gasteiger partial charge in [-0.15, -0.1) is 6.58 Å². The number of rotatable bonds is 6. The van der Waals surface area contributed by atoms with E-state index in [1.54, 1.807) is 12.0 Å². The molecule has 0 aromatic rings. The summed E-state index contributed by atoms with van der Waals surface area (Å²) in [6, 6.07) is 0.506. The zero-order chi connectivity index (χ0) is 16.0. The first-order valence-corrected chi connectivity index (χ1v) is 7.64. The van der Waals surface area contributed by atoms with Gasteiger partial charge < -0.3 is 19.7 Å². The number of hydrogen-bond acceptors (Lipinski definition) is 4. The van der Waals surface area contributed by atoms with E-state index in [4.69, 9.17) is 9.47 Å². The molecule has 1 aliphatic heterocycles. The van der Waals surface area contributed by atoms with Gasteiger partial charge in [-0.2, -0.15) is 0 Å². The number of hydrogen-bond donors (Lipinski definition) is 1. The first-order chi connectivity index (χ1) is 9.76. The van der Waals surface area contributed by atoms with E-state index in [2.05, 4.69) is 18.8 Å². The van der Waals surface area contributed by atoms with Gasteiger partial charge in [0.15, 0.2) is 0 Å². The number of allylic oxidation sites excluding steroid dienone is 1. The second kappa shape index (κ2) is 7.80. The van der Waals surface area contributed by atoms with Gasteiger partial charge in [-0.25, -0.2) is 4.79 Å². The molecule has 21 heavy (non-hydrogen) atoms. The second-order valence-electron chi connectivity index (χ2n) is 6.70. The molecule has 0 aliphatic carbocycles. The average molecular weight is 298 g/mol. The highest BCUT2D eigenvalue weighted by Gasteiger charge is 2.37. The number of ether oxygens (including phenoxy) is 2. The van der Waals surface area contributed by atoms with E-state index in [0.29, 0.717) is 19.1 Å². The molecule has 122 valence electrons. The molecule has 5 heteroatoms. The van der Waals surface area contributed by atoms with Crippen LogP contribution in [-0.4, -0.2) is 55.0 Å². The standard InChI is InChI=1S/C16H30N2O3/c1-7-8-9-12(2)17-13-10-18(11-14(13)20-6)15(19)21-16(3,4)5/h7,12-14,17H,1,8-11H2,2-6H3/t12?,13?,14-/m0/s1. The quantitative estimate of drug-likeness (QED) is 0.766. The van der Waals surface area contributed by atoms with Crippen LogP contribution < -0.4 is 5.32 Å². The van der Waals surface area contributed by atoms with Crippen LogP contribution in [0.4, 0.5) is 4.79 Å². The van der Waals surface area contributed by atoms with Gasteiger partial charge >= 0.3 is 6.09 Å². The lowest BCUT2D eigenvalue weighted by Crippen LogP contribution is -2.45.